The van der Waals surface area contributed by atoms with Gasteiger partial charge in [0.05, 0.1) is 26.1 Å². The van der Waals surface area contributed by atoms with Crippen molar-refractivity contribution in [3.05, 3.63) is 86.6 Å². The number of anilines is 1. The van der Waals surface area contributed by atoms with Crippen LogP contribution >= 0.6 is 15.6 Å². The fourth-order valence-corrected chi connectivity index (χ4v) is 8.87. The first-order valence-electron chi connectivity index (χ1n) is 18.1. The molecule has 0 aliphatic carbocycles. The largest absolute Gasteiger partial charge is 0.508 e. The number of phosphoric acid groups is 2. The van der Waals surface area contributed by atoms with Gasteiger partial charge >= 0.3 is 32.6 Å². The SMILES string of the molecule is Cc1cc2c(cc1C)[n+](Cc1ccc(O)cc1)c1c(=O)[nH]c(=O)nc-1n2C[C@H](O)[C@H](O)[C@H](O)COP(=O)(O)OP(=O)(O)OC[C@H]1O[C@@H](n2cnc3c(N)ncnc32)[C@H](O)[C@@H]1O. The number of phenols is 1. The first-order chi connectivity index (χ1) is 28.7. The molecule has 25 nitrogen and oxygen atoms in total. The smallest absolute Gasteiger partial charge is 0.481 e. The van der Waals surface area contributed by atoms with Gasteiger partial charge in [-0.3, -0.25) is 23.4 Å². The monoisotopic (exact) mass is 892 g/mol. The minimum atomic E-state index is -5.59. The van der Waals surface area contributed by atoms with Crippen LogP contribution in [0.2, 0.25) is 0 Å². The Labute approximate surface area is 342 Å². The van der Waals surface area contributed by atoms with Crippen LogP contribution in [0.15, 0.2) is 58.6 Å². The molecule has 2 aromatic heterocycles. The first-order valence-corrected chi connectivity index (χ1v) is 21.1. The molecule has 11 N–H and O–H groups in total. The molecule has 1 saturated heterocycles. The van der Waals surface area contributed by atoms with E-state index in [2.05, 4.69) is 33.8 Å². The van der Waals surface area contributed by atoms with Gasteiger partial charge in [0.2, 0.25) is 11.3 Å². The number of benzene rings is 2. The Balaban J connectivity index is 1.02. The van der Waals surface area contributed by atoms with E-state index in [-0.39, 0.29) is 40.8 Å². The standard InChI is InChI=1S/C34H39N9O16P2/c1-15-7-19-20(8-16(15)2)42(31-25(32(50)40-34(51)39-31)41(19)9-17-3-5-18(44)6-4-17)10-21(45)26(47)22(46)11-56-60(52,53)59-61(54,55)57-12-23-27(48)28(49)33(58-23)43-14-38-24-29(35)36-13-37-30(24)43/h3-8,13-14,21-23,26-28,33,45-49H,9-12H2,1-2H3,(H5-,35,36,37,40,44,50,51,52,53,54,55)/p+1/t21-,22+,23+,26-,27+,28+,33+/m0/s1. The number of H-pyrrole nitrogens is 1. The number of aliphatic hydroxyl groups excluding tert-OH is 5. The molecule has 27 heteroatoms. The van der Waals surface area contributed by atoms with Crippen LogP contribution in [0.25, 0.3) is 33.7 Å². The highest BCUT2D eigenvalue weighted by Gasteiger charge is 2.46. The Hall–Kier alpha value is -5.11. The van der Waals surface area contributed by atoms with Gasteiger partial charge in [-0.1, -0.05) is 0 Å². The summed E-state index contributed by atoms with van der Waals surface area (Å²) in [6.07, 6.45) is -10.1. The number of aromatic nitrogens is 8. The molecular formula is C34H40N9O16P2+. The molecule has 2 aromatic carbocycles. The third-order valence-corrected chi connectivity index (χ3v) is 12.6. The number of hydrogen-bond donors (Lipinski definition) is 10. The molecular weight excluding hydrogens is 852 g/mol. The third-order valence-electron chi connectivity index (χ3n) is 10.0. The number of nitrogens with zero attached hydrogens (tertiary/aromatic N) is 7. The average molecular weight is 893 g/mol. The summed E-state index contributed by atoms with van der Waals surface area (Å²) in [5.41, 5.74) is 7.15. The van der Waals surface area contributed by atoms with Gasteiger partial charge in [0.1, 0.15) is 59.7 Å². The normalized spacial score (nSPS) is 21.7. The minimum absolute atomic E-state index is 0.0152. The number of aryl methyl sites for hydroxylation is 2. The summed E-state index contributed by atoms with van der Waals surface area (Å²) in [4.78, 5) is 64.3. The molecule has 2 unspecified atom stereocenters. The highest BCUT2D eigenvalue weighted by molar-refractivity contribution is 7.61. The maximum atomic E-state index is 13.4. The number of ether oxygens (including phenoxy) is 1. The number of hydrogen-bond acceptors (Lipinski definition) is 19. The first kappa shape index (κ1) is 44.0. The van der Waals surface area contributed by atoms with Crippen LogP contribution in [0.5, 0.6) is 5.75 Å². The van der Waals surface area contributed by atoms with Crippen LogP contribution in [0, 0.1) is 13.8 Å². The summed E-state index contributed by atoms with van der Waals surface area (Å²) in [6, 6.07) is 9.65. The van der Waals surface area contributed by atoms with Crippen molar-refractivity contribution in [1.29, 1.82) is 0 Å². The molecule has 3 aliphatic rings. The zero-order chi connectivity index (χ0) is 44.1. The lowest BCUT2D eigenvalue weighted by Gasteiger charge is -2.26. The zero-order valence-corrected chi connectivity index (χ0v) is 33.7. The highest BCUT2D eigenvalue weighted by atomic mass is 31.3. The molecule has 326 valence electrons. The van der Waals surface area contributed by atoms with Crippen molar-refractivity contribution in [3.63, 3.8) is 0 Å². The van der Waals surface area contributed by atoms with E-state index in [4.69, 9.17) is 15.0 Å². The van der Waals surface area contributed by atoms with Gasteiger partial charge in [-0.25, -0.2) is 28.9 Å². The topological polar surface area (TPSA) is 374 Å². The quantitative estimate of drug-likeness (QED) is 0.0309. The van der Waals surface area contributed by atoms with E-state index in [1.54, 1.807) is 35.8 Å². The van der Waals surface area contributed by atoms with E-state index in [1.807, 2.05) is 6.92 Å². The number of phosphoric ester groups is 2. The molecule has 1 fully saturated rings. The van der Waals surface area contributed by atoms with Crippen molar-refractivity contribution in [3.8, 4) is 17.3 Å². The van der Waals surface area contributed by atoms with Gasteiger partial charge in [-0.15, -0.1) is 0 Å². The van der Waals surface area contributed by atoms with Crippen LogP contribution < -0.4 is 21.5 Å². The van der Waals surface area contributed by atoms with Crippen molar-refractivity contribution in [2.24, 2.45) is 0 Å². The number of fused-ring (bicyclic) bond motifs is 3. The van der Waals surface area contributed by atoms with Crippen molar-refractivity contribution in [2.75, 3.05) is 18.9 Å². The molecule has 0 spiro atoms. The predicted molar refractivity (Wildman–Crippen MR) is 206 cm³/mol. The van der Waals surface area contributed by atoms with Crippen molar-refractivity contribution < 1.29 is 72.2 Å². The number of imidazole rings is 1. The lowest BCUT2D eigenvalue weighted by atomic mass is 10.1. The van der Waals surface area contributed by atoms with Gasteiger partial charge in [-0.05, 0) is 55.3 Å². The maximum absolute atomic E-state index is 13.4. The molecule has 5 heterocycles. The number of phenolic OH excluding ortho intramolecular Hbond substituents is 1. The van der Waals surface area contributed by atoms with Gasteiger partial charge in [0.25, 0.3) is 0 Å². The van der Waals surface area contributed by atoms with E-state index in [0.717, 1.165) is 17.5 Å². The summed E-state index contributed by atoms with van der Waals surface area (Å²) >= 11 is 0. The molecule has 61 heavy (non-hydrogen) atoms. The Morgan fingerprint density at radius 3 is 2.38 bits per heavy atom. The van der Waals surface area contributed by atoms with Gasteiger partial charge in [-0.2, -0.15) is 13.9 Å². The van der Waals surface area contributed by atoms with E-state index < -0.39 is 89.5 Å². The number of aromatic hydroxyl groups is 1. The van der Waals surface area contributed by atoms with E-state index in [9.17, 15) is 59.1 Å². The van der Waals surface area contributed by atoms with Crippen LogP contribution in [-0.2, 0) is 40.3 Å². The fourth-order valence-electron chi connectivity index (χ4n) is 6.77. The second-order valence-electron chi connectivity index (χ2n) is 14.2. The zero-order valence-electron chi connectivity index (χ0n) is 31.9. The molecule has 0 saturated carbocycles. The predicted octanol–water partition coefficient (Wildman–Crippen LogP) is -1.78. The number of nitrogen functional groups attached to an aromatic ring is 1. The second-order valence-corrected chi connectivity index (χ2v) is 17.2. The Bertz CT molecular complexity index is 2790. The maximum Gasteiger partial charge on any atom is 0.481 e. The molecule has 3 aliphatic heterocycles. The van der Waals surface area contributed by atoms with Crippen LogP contribution in [0.4, 0.5) is 5.82 Å². The summed E-state index contributed by atoms with van der Waals surface area (Å²) < 4.78 is 48.7. The Morgan fingerprint density at radius 1 is 0.967 bits per heavy atom. The highest BCUT2D eigenvalue weighted by Crippen LogP contribution is 2.60. The van der Waals surface area contributed by atoms with Crippen LogP contribution in [0.3, 0.4) is 0 Å². The van der Waals surface area contributed by atoms with Crippen molar-refractivity contribution in [2.45, 2.75) is 69.8 Å². The number of aromatic amines is 1. The van der Waals surface area contributed by atoms with E-state index in [1.165, 1.54) is 27.6 Å². The lowest BCUT2D eigenvalue weighted by molar-refractivity contribution is -0.652. The van der Waals surface area contributed by atoms with Gasteiger partial charge in [0.15, 0.2) is 24.2 Å². The fraction of sp³-hybridized carbons (Fsp3) is 0.382. The Morgan fingerprint density at radius 2 is 1.66 bits per heavy atom. The molecule has 7 rings (SSSR count). The van der Waals surface area contributed by atoms with Gasteiger partial charge in [0, 0.05) is 11.6 Å². The molecule has 9 atom stereocenters. The summed E-state index contributed by atoms with van der Waals surface area (Å²) in [5, 5.41) is 63.8. The average Bonchev–Trinajstić information content (AvgIpc) is 3.75. The second kappa shape index (κ2) is 17.0. The summed E-state index contributed by atoms with van der Waals surface area (Å²) in [6.45, 7) is 0.854. The van der Waals surface area contributed by atoms with E-state index >= 15 is 0 Å². The van der Waals surface area contributed by atoms with Crippen molar-refractivity contribution in [1.82, 2.24) is 34.1 Å². The number of nitrogens with two attached hydrogens (primary N) is 1. The molecule has 4 aromatic rings. The number of aliphatic hydroxyl groups is 5. The number of rotatable bonds is 15. The van der Waals surface area contributed by atoms with Crippen LogP contribution in [-0.4, -0.2) is 124 Å². The minimum Gasteiger partial charge on any atom is -0.508 e. The molecule has 0 radical (unpaired) electrons. The van der Waals surface area contributed by atoms with Crippen LogP contribution in [0.1, 0.15) is 22.9 Å². The summed E-state index contributed by atoms with van der Waals surface area (Å²) in [5.74, 6) is -0.166. The van der Waals surface area contributed by atoms with E-state index in [0.29, 0.717) is 16.6 Å². The molecule has 0 amide bonds. The number of nitrogens with one attached hydrogen (secondary N) is 1. The van der Waals surface area contributed by atoms with Gasteiger partial charge < -0.3 is 55.5 Å². The lowest BCUT2D eigenvalue weighted by Crippen LogP contribution is -2.48. The van der Waals surface area contributed by atoms with Crippen molar-refractivity contribution >= 4 is 43.7 Å². The Kier molecular flexibility index (Phi) is 12.2. The third kappa shape index (κ3) is 9.10. The molecule has 0 bridgehead atoms. The summed E-state index contributed by atoms with van der Waals surface area (Å²) in [7, 11) is -11.1.